The quantitative estimate of drug-likeness (QED) is 0.885. The Bertz CT molecular complexity index is 546. The molecule has 0 radical (unpaired) electrons. The first-order valence-corrected chi connectivity index (χ1v) is 5.51. The molecule has 0 bridgehead atoms. The van der Waals surface area contributed by atoms with Crippen molar-refractivity contribution in [2.45, 2.75) is 6.92 Å². The maximum atomic E-state index is 11.8. The normalized spacial score (nSPS) is 10.4. The summed E-state index contributed by atoms with van der Waals surface area (Å²) in [5, 5.41) is 6.68. The lowest BCUT2D eigenvalue weighted by Gasteiger charge is -2.18. The number of rotatable bonds is 2. The van der Waals surface area contributed by atoms with E-state index in [1.165, 1.54) is 0 Å². The molecule has 2 N–H and O–H groups in total. The van der Waals surface area contributed by atoms with Gasteiger partial charge in [0.25, 0.3) is 5.56 Å². The van der Waals surface area contributed by atoms with Gasteiger partial charge in [-0.25, -0.2) is 0 Å². The average Bonchev–Trinajstić information content (AvgIpc) is 2.77. The molecule has 5 nitrogen and oxygen atoms in total. The van der Waals surface area contributed by atoms with Crippen LogP contribution >= 0.6 is 15.9 Å². The van der Waals surface area contributed by atoms with Crippen LogP contribution in [0.5, 0.6) is 0 Å². The largest absolute Gasteiger partial charge is 0.326 e. The van der Waals surface area contributed by atoms with Gasteiger partial charge in [-0.05, 0) is 28.4 Å². The van der Waals surface area contributed by atoms with Crippen molar-refractivity contribution < 1.29 is 0 Å². The van der Waals surface area contributed by atoms with Crippen LogP contribution in [0.15, 0.2) is 27.7 Å². The third-order valence-corrected chi connectivity index (χ3v) is 3.26. The van der Waals surface area contributed by atoms with E-state index in [0.717, 1.165) is 15.9 Å². The summed E-state index contributed by atoms with van der Waals surface area (Å²) in [6.45, 7) is 1.89. The SMILES string of the molecule is Cc1c(Br)c[nH]c(=O)c1N(C)c1ccn[nH]1. The summed E-state index contributed by atoms with van der Waals surface area (Å²) in [6.07, 6.45) is 3.29. The fraction of sp³-hybridized carbons (Fsp3) is 0.200. The van der Waals surface area contributed by atoms with E-state index in [1.54, 1.807) is 23.4 Å². The van der Waals surface area contributed by atoms with Gasteiger partial charge in [-0.3, -0.25) is 9.89 Å². The van der Waals surface area contributed by atoms with Gasteiger partial charge >= 0.3 is 0 Å². The molecule has 0 saturated carbocycles. The molecule has 6 heteroatoms. The molecule has 0 fully saturated rings. The van der Waals surface area contributed by atoms with Gasteiger partial charge in [-0.1, -0.05) is 0 Å². The fourth-order valence-corrected chi connectivity index (χ4v) is 1.85. The molecule has 2 aromatic heterocycles. The van der Waals surface area contributed by atoms with Gasteiger partial charge in [0.2, 0.25) is 0 Å². The molecule has 0 saturated heterocycles. The Balaban J connectivity index is 2.56. The molecule has 0 aromatic carbocycles. The number of aromatic amines is 2. The summed E-state index contributed by atoms with van der Waals surface area (Å²) in [4.78, 5) is 16.2. The lowest BCUT2D eigenvalue weighted by molar-refractivity contribution is 1.02. The molecule has 16 heavy (non-hydrogen) atoms. The van der Waals surface area contributed by atoms with Crippen LogP contribution in [-0.2, 0) is 0 Å². The zero-order valence-corrected chi connectivity index (χ0v) is 10.5. The second-order valence-electron chi connectivity index (χ2n) is 3.44. The summed E-state index contributed by atoms with van der Waals surface area (Å²) in [6, 6.07) is 1.81. The molecule has 0 spiro atoms. The van der Waals surface area contributed by atoms with E-state index in [9.17, 15) is 4.79 Å². The van der Waals surface area contributed by atoms with Gasteiger partial charge < -0.3 is 9.88 Å². The first-order chi connectivity index (χ1) is 7.61. The molecule has 2 rings (SSSR count). The van der Waals surface area contributed by atoms with E-state index in [0.29, 0.717) is 5.69 Å². The zero-order valence-electron chi connectivity index (χ0n) is 8.91. The van der Waals surface area contributed by atoms with E-state index in [1.807, 2.05) is 14.0 Å². The van der Waals surface area contributed by atoms with E-state index in [4.69, 9.17) is 0 Å². The van der Waals surface area contributed by atoms with Crippen LogP contribution < -0.4 is 10.5 Å². The highest BCUT2D eigenvalue weighted by atomic mass is 79.9. The van der Waals surface area contributed by atoms with E-state index in [-0.39, 0.29) is 5.56 Å². The first kappa shape index (κ1) is 10.9. The maximum absolute atomic E-state index is 11.8. The second kappa shape index (κ2) is 4.13. The maximum Gasteiger partial charge on any atom is 0.272 e. The fourth-order valence-electron chi connectivity index (χ4n) is 1.55. The van der Waals surface area contributed by atoms with Crippen molar-refractivity contribution in [2.24, 2.45) is 0 Å². The number of nitrogens with zero attached hydrogens (tertiary/aromatic N) is 2. The Labute approximate surface area is 101 Å². The summed E-state index contributed by atoms with van der Waals surface area (Å²) in [5.74, 6) is 0.770. The molecule has 2 aromatic rings. The highest BCUT2D eigenvalue weighted by Gasteiger charge is 2.14. The Kier molecular flexibility index (Phi) is 2.82. The number of hydrogen-bond donors (Lipinski definition) is 2. The minimum Gasteiger partial charge on any atom is -0.326 e. The lowest BCUT2D eigenvalue weighted by atomic mass is 10.2. The van der Waals surface area contributed by atoms with Crippen LogP contribution in [0, 0.1) is 6.92 Å². The Hall–Kier alpha value is -1.56. The monoisotopic (exact) mass is 282 g/mol. The van der Waals surface area contributed by atoms with Crippen LogP contribution in [0.25, 0.3) is 0 Å². The number of halogens is 1. The molecule has 0 aliphatic carbocycles. The molecular weight excluding hydrogens is 272 g/mol. The second-order valence-corrected chi connectivity index (χ2v) is 4.29. The smallest absolute Gasteiger partial charge is 0.272 e. The minimum absolute atomic E-state index is 0.127. The Morgan fingerprint density at radius 3 is 2.88 bits per heavy atom. The van der Waals surface area contributed by atoms with Crippen LogP contribution in [-0.4, -0.2) is 22.2 Å². The molecular formula is C10H11BrN4O. The molecule has 0 atom stereocenters. The predicted octanol–water partition coefficient (Wildman–Crippen LogP) is 1.94. The number of aromatic nitrogens is 3. The Morgan fingerprint density at radius 1 is 1.50 bits per heavy atom. The van der Waals surface area contributed by atoms with Gasteiger partial charge in [0.15, 0.2) is 0 Å². The summed E-state index contributed by atoms with van der Waals surface area (Å²) < 4.78 is 0.869. The third-order valence-electron chi connectivity index (χ3n) is 2.44. The van der Waals surface area contributed by atoms with Crippen molar-refractivity contribution in [3.8, 4) is 0 Å². The highest BCUT2D eigenvalue weighted by Crippen LogP contribution is 2.25. The molecule has 0 aliphatic heterocycles. The first-order valence-electron chi connectivity index (χ1n) is 4.72. The summed E-state index contributed by atoms with van der Waals surface area (Å²) >= 11 is 3.39. The van der Waals surface area contributed by atoms with Gasteiger partial charge in [0, 0.05) is 23.8 Å². The number of hydrogen-bond acceptors (Lipinski definition) is 3. The highest BCUT2D eigenvalue weighted by molar-refractivity contribution is 9.10. The standard InChI is InChI=1S/C10H11BrN4O/c1-6-7(11)5-12-10(16)9(6)15(2)8-3-4-13-14-8/h3-5H,1-2H3,(H,12,16)(H,13,14). The Morgan fingerprint density at radius 2 is 2.25 bits per heavy atom. The zero-order chi connectivity index (χ0) is 11.7. The van der Waals surface area contributed by atoms with Crippen LogP contribution in [0.1, 0.15) is 5.56 Å². The minimum atomic E-state index is -0.127. The number of H-pyrrole nitrogens is 2. The van der Waals surface area contributed by atoms with E-state index in [2.05, 4.69) is 31.1 Å². The van der Waals surface area contributed by atoms with Crippen LogP contribution in [0.2, 0.25) is 0 Å². The number of nitrogens with one attached hydrogen (secondary N) is 2. The van der Waals surface area contributed by atoms with Gasteiger partial charge in [0.1, 0.15) is 11.5 Å². The average molecular weight is 283 g/mol. The molecule has 2 heterocycles. The van der Waals surface area contributed by atoms with Crippen LogP contribution in [0.4, 0.5) is 11.5 Å². The van der Waals surface area contributed by atoms with Crippen molar-refractivity contribution in [2.75, 3.05) is 11.9 Å². The van der Waals surface area contributed by atoms with E-state index < -0.39 is 0 Å². The van der Waals surface area contributed by atoms with E-state index >= 15 is 0 Å². The van der Waals surface area contributed by atoms with Crippen molar-refractivity contribution in [3.63, 3.8) is 0 Å². The van der Waals surface area contributed by atoms with Crippen molar-refractivity contribution in [3.05, 3.63) is 38.9 Å². The predicted molar refractivity (Wildman–Crippen MR) is 66.2 cm³/mol. The summed E-state index contributed by atoms with van der Waals surface area (Å²) in [5.41, 5.74) is 1.36. The number of pyridine rings is 1. The van der Waals surface area contributed by atoms with Crippen molar-refractivity contribution in [1.29, 1.82) is 0 Å². The summed E-state index contributed by atoms with van der Waals surface area (Å²) in [7, 11) is 1.82. The molecule has 0 unspecified atom stereocenters. The van der Waals surface area contributed by atoms with Crippen molar-refractivity contribution in [1.82, 2.24) is 15.2 Å². The number of anilines is 2. The third kappa shape index (κ3) is 1.76. The lowest BCUT2D eigenvalue weighted by Crippen LogP contribution is -2.22. The molecule has 84 valence electrons. The van der Waals surface area contributed by atoms with Gasteiger partial charge in [0.05, 0.1) is 6.20 Å². The van der Waals surface area contributed by atoms with Gasteiger partial charge in [-0.15, -0.1) is 0 Å². The topological polar surface area (TPSA) is 64.8 Å². The van der Waals surface area contributed by atoms with Crippen molar-refractivity contribution >= 4 is 27.4 Å². The molecule has 0 amide bonds. The van der Waals surface area contributed by atoms with Gasteiger partial charge in [-0.2, -0.15) is 5.10 Å². The molecule has 0 aliphatic rings. The van der Waals surface area contributed by atoms with Crippen LogP contribution in [0.3, 0.4) is 0 Å².